The molecule has 0 amide bonds. The Morgan fingerprint density at radius 3 is 2.00 bits per heavy atom. The smallest absolute Gasteiger partial charge is 0.0385 e. The zero-order valence-electron chi connectivity index (χ0n) is 11.9. The third-order valence-electron chi connectivity index (χ3n) is 3.69. The van der Waals surface area contributed by atoms with E-state index >= 15 is 0 Å². The Balaban J connectivity index is 1.67. The van der Waals surface area contributed by atoms with Crippen LogP contribution in [0.1, 0.15) is 5.56 Å². The van der Waals surface area contributed by atoms with Gasteiger partial charge in [0, 0.05) is 43.2 Å². The van der Waals surface area contributed by atoms with Crippen molar-refractivity contribution in [2.24, 2.45) is 0 Å². The van der Waals surface area contributed by atoms with E-state index in [1.807, 2.05) is 0 Å². The van der Waals surface area contributed by atoms with Crippen LogP contribution in [0.5, 0.6) is 0 Å². The number of aryl methyl sites for hydroxylation is 1. The number of benzene rings is 2. The van der Waals surface area contributed by atoms with Gasteiger partial charge in [-0.25, -0.2) is 0 Å². The third-order valence-corrected chi connectivity index (χ3v) is 3.69. The summed E-state index contributed by atoms with van der Waals surface area (Å²) in [6.45, 7) is 6.42. The number of hydrogen-bond donors (Lipinski definition) is 2. The highest BCUT2D eigenvalue weighted by molar-refractivity contribution is 5.63. The molecule has 2 aromatic rings. The molecule has 0 unspecified atom stereocenters. The van der Waals surface area contributed by atoms with Crippen molar-refractivity contribution in [3.05, 3.63) is 54.1 Å². The van der Waals surface area contributed by atoms with Gasteiger partial charge in [-0.1, -0.05) is 17.7 Å². The fourth-order valence-corrected chi connectivity index (χ4v) is 2.48. The molecule has 0 atom stereocenters. The van der Waals surface area contributed by atoms with Crippen molar-refractivity contribution in [1.29, 1.82) is 0 Å². The molecule has 0 spiro atoms. The number of rotatable bonds is 3. The third kappa shape index (κ3) is 3.11. The summed E-state index contributed by atoms with van der Waals surface area (Å²) in [5.41, 5.74) is 4.85. The van der Waals surface area contributed by atoms with Crippen LogP contribution in [0.25, 0.3) is 0 Å². The van der Waals surface area contributed by atoms with Gasteiger partial charge in [-0.05, 0) is 43.3 Å². The maximum atomic E-state index is 3.43. The molecule has 104 valence electrons. The summed E-state index contributed by atoms with van der Waals surface area (Å²) >= 11 is 0. The van der Waals surface area contributed by atoms with Crippen molar-refractivity contribution in [3.8, 4) is 0 Å². The van der Waals surface area contributed by atoms with E-state index in [0.29, 0.717) is 0 Å². The summed E-state index contributed by atoms with van der Waals surface area (Å²) < 4.78 is 0. The molecule has 2 aromatic carbocycles. The Bertz CT molecular complexity index is 539. The van der Waals surface area contributed by atoms with Gasteiger partial charge in [0.15, 0.2) is 0 Å². The molecule has 3 rings (SSSR count). The molecule has 0 aromatic heterocycles. The van der Waals surface area contributed by atoms with Gasteiger partial charge >= 0.3 is 0 Å². The Hall–Kier alpha value is -2.00. The van der Waals surface area contributed by atoms with Crippen LogP contribution in [-0.2, 0) is 0 Å². The van der Waals surface area contributed by atoms with E-state index in [2.05, 4.69) is 71.0 Å². The van der Waals surface area contributed by atoms with E-state index in [9.17, 15) is 0 Å². The molecule has 20 heavy (non-hydrogen) atoms. The highest BCUT2D eigenvalue weighted by Gasteiger charge is 2.09. The first-order chi connectivity index (χ1) is 9.81. The molecule has 3 heteroatoms. The minimum atomic E-state index is 1.07. The largest absolute Gasteiger partial charge is 0.369 e. The Labute approximate surface area is 120 Å². The van der Waals surface area contributed by atoms with Gasteiger partial charge < -0.3 is 15.5 Å². The molecule has 0 radical (unpaired) electrons. The van der Waals surface area contributed by atoms with Crippen molar-refractivity contribution in [3.63, 3.8) is 0 Å². The van der Waals surface area contributed by atoms with Crippen LogP contribution in [-0.4, -0.2) is 26.2 Å². The van der Waals surface area contributed by atoms with Crippen LogP contribution in [0.3, 0.4) is 0 Å². The molecule has 3 nitrogen and oxygen atoms in total. The van der Waals surface area contributed by atoms with E-state index < -0.39 is 0 Å². The van der Waals surface area contributed by atoms with Gasteiger partial charge in [0.1, 0.15) is 0 Å². The van der Waals surface area contributed by atoms with E-state index in [1.165, 1.54) is 11.3 Å². The fraction of sp³-hybridized carbons (Fsp3) is 0.294. The predicted octanol–water partition coefficient (Wildman–Crippen LogP) is 3.15. The average Bonchev–Trinajstić information content (AvgIpc) is 2.51. The molecule has 0 bridgehead atoms. The second kappa shape index (κ2) is 5.97. The van der Waals surface area contributed by atoms with Gasteiger partial charge in [-0.2, -0.15) is 0 Å². The van der Waals surface area contributed by atoms with Crippen LogP contribution < -0.4 is 15.5 Å². The summed E-state index contributed by atoms with van der Waals surface area (Å²) in [6, 6.07) is 17.2. The number of anilines is 3. The topological polar surface area (TPSA) is 27.3 Å². The van der Waals surface area contributed by atoms with Gasteiger partial charge in [-0.3, -0.25) is 0 Å². The molecule has 2 N–H and O–H groups in total. The molecule has 1 heterocycles. The molecule has 1 fully saturated rings. The minimum Gasteiger partial charge on any atom is -0.369 e. The SMILES string of the molecule is Cc1ccc(Nc2ccc(N3CCNCC3)cc2)cc1. The fourth-order valence-electron chi connectivity index (χ4n) is 2.48. The van der Waals surface area contributed by atoms with Crippen molar-refractivity contribution < 1.29 is 0 Å². The summed E-state index contributed by atoms with van der Waals surface area (Å²) in [6.07, 6.45) is 0. The minimum absolute atomic E-state index is 1.07. The molecule has 0 saturated carbocycles. The van der Waals surface area contributed by atoms with Crippen LogP contribution >= 0.6 is 0 Å². The number of piperazine rings is 1. The van der Waals surface area contributed by atoms with Crippen LogP contribution in [0.15, 0.2) is 48.5 Å². The van der Waals surface area contributed by atoms with E-state index in [1.54, 1.807) is 0 Å². The predicted molar refractivity (Wildman–Crippen MR) is 86.0 cm³/mol. The van der Waals surface area contributed by atoms with Gasteiger partial charge in [0.2, 0.25) is 0 Å². The summed E-state index contributed by atoms with van der Waals surface area (Å²) in [5.74, 6) is 0. The lowest BCUT2D eigenvalue weighted by Crippen LogP contribution is -2.43. The zero-order chi connectivity index (χ0) is 13.8. The monoisotopic (exact) mass is 267 g/mol. The van der Waals surface area contributed by atoms with E-state index in [0.717, 1.165) is 37.6 Å². The molecular weight excluding hydrogens is 246 g/mol. The molecule has 1 saturated heterocycles. The van der Waals surface area contributed by atoms with Crippen LogP contribution in [0.2, 0.25) is 0 Å². The molecule has 1 aliphatic rings. The number of nitrogens with zero attached hydrogens (tertiary/aromatic N) is 1. The Morgan fingerprint density at radius 1 is 0.850 bits per heavy atom. The highest BCUT2D eigenvalue weighted by atomic mass is 15.2. The zero-order valence-corrected chi connectivity index (χ0v) is 11.9. The lowest BCUT2D eigenvalue weighted by molar-refractivity contribution is 0.589. The Morgan fingerprint density at radius 2 is 1.40 bits per heavy atom. The van der Waals surface area contributed by atoms with Crippen LogP contribution in [0.4, 0.5) is 17.1 Å². The van der Waals surface area contributed by atoms with E-state index in [4.69, 9.17) is 0 Å². The second-order valence-corrected chi connectivity index (χ2v) is 5.27. The highest BCUT2D eigenvalue weighted by Crippen LogP contribution is 2.21. The van der Waals surface area contributed by atoms with Crippen molar-refractivity contribution in [2.45, 2.75) is 6.92 Å². The van der Waals surface area contributed by atoms with Gasteiger partial charge in [0.25, 0.3) is 0 Å². The van der Waals surface area contributed by atoms with Gasteiger partial charge in [0.05, 0.1) is 0 Å². The molecule has 1 aliphatic heterocycles. The van der Waals surface area contributed by atoms with Crippen molar-refractivity contribution in [1.82, 2.24) is 5.32 Å². The standard InChI is InChI=1S/C17H21N3/c1-14-2-4-15(5-3-14)19-16-6-8-17(9-7-16)20-12-10-18-11-13-20/h2-9,18-19H,10-13H2,1H3. The summed E-state index contributed by atoms with van der Waals surface area (Å²) in [4.78, 5) is 2.42. The maximum absolute atomic E-state index is 3.43. The second-order valence-electron chi connectivity index (χ2n) is 5.27. The first kappa shape index (κ1) is 13.0. The lowest BCUT2D eigenvalue weighted by atomic mass is 10.2. The van der Waals surface area contributed by atoms with Gasteiger partial charge in [-0.15, -0.1) is 0 Å². The number of hydrogen-bond acceptors (Lipinski definition) is 3. The summed E-state index contributed by atoms with van der Waals surface area (Å²) in [5, 5.41) is 6.81. The Kier molecular flexibility index (Phi) is 3.88. The quantitative estimate of drug-likeness (QED) is 0.894. The average molecular weight is 267 g/mol. The molecular formula is C17H21N3. The summed E-state index contributed by atoms with van der Waals surface area (Å²) in [7, 11) is 0. The molecule has 0 aliphatic carbocycles. The lowest BCUT2D eigenvalue weighted by Gasteiger charge is -2.29. The first-order valence-corrected chi connectivity index (χ1v) is 7.21. The van der Waals surface area contributed by atoms with Crippen molar-refractivity contribution >= 4 is 17.1 Å². The van der Waals surface area contributed by atoms with E-state index in [-0.39, 0.29) is 0 Å². The normalized spacial score (nSPS) is 15.2. The first-order valence-electron chi connectivity index (χ1n) is 7.21. The van der Waals surface area contributed by atoms with Crippen LogP contribution in [0, 0.1) is 6.92 Å². The van der Waals surface area contributed by atoms with Crippen molar-refractivity contribution in [2.75, 3.05) is 36.4 Å². The maximum Gasteiger partial charge on any atom is 0.0385 e. The number of nitrogens with one attached hydrogen (secondary N) is 2.